The second-order valence-electron chi connectivity index (χ2n) is 10.4. The van der Waals surface area contributed by atoms with Gasteiger partial charge in [-0.15, -0.1) is 0 Å². The summed E-state index contributed by atoms with van der Waals surface area (Å²) in [5.74, 6) is 0.883. The van der Waals surface area contributed by atoms with E-state index in [1.165, 1.54) is 0 Å². The largest absolute Gasteiger partial charge is 0.490 e. The molecule has 1 aromatic carbocycles. The van der Waals surface area contributed by atoms with E-state index in [9.17, 15) is 20.4 Å². The third-order valence-electron chi connectivity index (χ3n) is 7.68. The van der Waals surface area contributed by atoms with Crippen LogP contribution in [0.2, 0.25) is 0 Å². The highest BCUT2D eigenvalue weighted by Gasteiger charge is 2.46. The van der Waals surface area contributed by atoms with Crippen molar-refractivity contribution in [3.63, 3.8) is 0 Å². The lowest BCUT2D eigenvalue weighted by molar-refractivity contribution is -0.218. The highest BCUT2D eigenvalue weighted by molar-refractivity contribution is 6.31. The minimum atomic E-state index is -1.45. The van der Waals surface area contributed by atoms with E-state index in [2.05, 4.69) is 6.58 Å². The van der Waals surface area contributed by atoms with Crippen LogP contribution in [0.15, 0.2) is 59.2 Å². The van der Waals surface area contributed by atoms with E-state index in [1.807, 2.05) is 31.2 Å². The monoisotopic (exact) mass is 520 g/mol. The smallest absolute Gasteiger partial charge is 0.119 e. The van der Waals surface area contributed by atoms with Crippen LogP contribution in [0, 0.1) is 5.41 Å². The number of ether oxygens (including phenoxy) is 3. The molecule has 4 N–H and O–H groups in total. The van der Waals surface area contributed by atoms with Crippen LogP contribution in [0.3, 0.4) is 0 Å². The molecule has 1 spiro atoms. The summed E-state index contributed by atoms with van der Waals surface area (Å²) < 4.78 is 17.2. The number of hydrogen-bond donors (Lipinski definition) is 4. The summed E-state index contributed by atoms with van der Waals surface area (Å²) in [7, 11) is 0. The van der Waals surface area contributed by atoms with Crippen molar-refractivity contribution in [1.82, 2.24) is 0 Å². The minimum absolute atomic E-state index is 0.284. The average Bonchev–Trinajstić information content (AvgIpc) is 2.86. The van der Waals surface area contributed by atoms with Crippen LogP contribution in [0.4, 0.5) is 0 Å². The summed E-state index contributed by atoms with van der Waals surface area (Å²) in [5.41, 5.74) is 2.86. The molecule has 1 saturated carbocycles. The SMILES string of the molecule is C=C(/C=C\C(Cl)=C(/C)Cc1ccc(OC2CC3(CCOCC3)C2)cc1)[C@@H]1O[C@H](CO)[C@@H](O)[C@H](O)[C@H]1O. The van der Waals surface area contributed by atoms with Crippen molar-refractivity contribution in [3.05, 3.63) is 64.7 Å². The topological polar surface area (TPSA) is 109 Å². The predicted octanol–water partition coefficient (Wildman–Crippen LogP) is 3.03. The van der Waals surface area contributed by atoms with Gasteiger partial charge >= 0.3 is 0 Å². The van der Waals surface area contributed by atoms with Gasteiger partial charge < -0.3 is 34.6 Å². The van der Waals surface area contributed by atoms with E-state index in [0.29, 0.717) is 22.4 Å². The van der Waals surface area contributed by atoms with Gasteiger partial charge in [-0.05, 0) is 73.8 Å². The maximum Gasteiger partial charge on any atom is 0.119 e. The number of allylic oxidation sites excluding steroid dienone is 3. The van der Waals surface area contributed by atoms with Crippen molar-refractivity contribution in [3.8, 4) is 5.75 Å². The zero-order valence-electron chi connectivity index (χ0n) is 20.7. The Morgan fingerprint density at radius 3 is 2.39 bits per heavy atom. The lowest BCUT2D eigenvalue weighted by atomic mass is 9.62. The quantitative estimate of drug-likeness (QED) is 0.390. The van der Waals surface area contributed by atoms with Crippen molar-refractivity contribution < 1.29 is 34.6 Å². The molecule has 0 bridgehead atoms. The van der Waals surface area contributed by atoms with Gasteiger partial charge in [0.2, 0.25) is 0 Å². The summed E-state index contributed by atoms with van der Waals surface area (Å²) >= 11 is 6.49. The van der Waals surface area contributed by atoms with Crippen LogP contribution in [-0.2, 0) is 15.9 Å². The first kappa shape index (κ1) is 27.3. The minimum Gasteiger partial charge on any atom is -0.490 e. The Morgan fingerprint density at radius 2 is 1.75 bits per heavy atom. The van der Waals surface area contributed by atoms with Gasteiger partial charge in [0.25, 0.3) is 0 Å². The molecule has 198 valence electrons. The molecule has 3 fully saturated rings. The van der Waals surface area contributed by atoms with Gasteiger partial charge in [0, 0.05) is 18.2 Å². The van der Waals surface area contributed by atoms with E-state index in [0.717, 1.165) is 55.8 Å². The highest BCUT2D eigenvalue weighted by atomic mass is 35.5. The Labute approximate surface area is 217 Å². The van der Waals surface area contributed by atoms with Crippen molar-refractivity contribution in [2.24, 2.45) is 5.41 Å². The first-order valence-electron chi connectivity index (χ1n) is 12.6. The summed E-state index contributed by atoms with van der Waals surface area (Å²) in [5, 5.41) is 40.1. The summed E-state index contributed by atoms with van der Waals surface area (Å²) in [6, 6.07) is 8.09. The number of hydrogen-bond acceptors (Lipinski definition) is 7. The molecule has 3 aliphatic rings. The molecule has 0 unspecified atom stereocenters. The van der Waals surface area contributed by atoms with Crippen LogP contribution in [-0.4, -0.2) is 76.9 Å². The Bertz CT molecular complexity index is 957. The van der Waals surface area contributed by atoms with Crippen molar-refractivity contribution in [1.29, 1.82) is 0 Å². The summed E-state index contributed by atoms with van der Waals surface area (Å²) in [6.07, 6.45) is 2.55. The number of rotatable bonds is 8. The molecule has 8 heteroatoms. The third kappa shape index (κ3) is 6.22. The van der Waals surface area contributed by atoms with E-state index in [1.54, 1.807) is 12.2 Å². The van der Waals surface area contributed by atoms with Crippen LogP contribution in [0.5, 0.6) is 5.75 Å². The molecule has 4 rings (SSSR count). The third-order valence-corrected chi connectivity index (χ3v) is 8.13. The fourth-order valence-electron chi connectivity index (χ4n) is 5.30. The van der Waals surface area contributed by atoms with Gasteiger partial charge in [-0.3, -0.25) is 0 Å². The Hall–Kier alpha value is -1.71. The second-order valence-corrected chi connectivity index (χ2v) is 10.8. The average molecular weight is 521 g/mol. The lowest BCUT2D eigenvalue weighted by Crippen LogP contribution is -2.58. The fourth-order valence-corrected chi connectivity index (χ4v) is 5.43. The van der Waals surface area contributed by atoms with Gasteiger partial charge in [-0.1, -0.05) is 42.0 Å². The standard InChI is InChI=1S/C28H37ClO7/c1-17(27-26(33)25(32)24(31)23(16-30)36-27)3-8-22(29)18(2)13-19-4-6-20(7-5-19)35-21-14-28(15-21)9-11-34-12-10-28/h3-8,21,23-27,30-33H,1,9-16H2,2H3/b8-3-,22-18-/t23-,24-,25+,26-,27+/m1/s1. The maximum absolute atomic E-state index is 10.3. The number of aliphatic hydroxyl groups is 4. The van der Waals surface area contributed by atoms with Crippen LogP contribution in [0.1, 0.15) is 38.2 Å². The van der Waals surface area contributed by atoms with Gasteiger partial charge in [0.1, 0.15) is 36.3 Å². The molecule has 7 nitrogen and oxygen atoms in total. The van der Waals surface area contributed by atoms with E-state index in [4.69, 9.17) is 25.8 Å². The van der Waals surface area contributed by atoms with Gasteiger partial charge in [0.05, 0.1) is 12.7 Å². The Morgan fingerprint density at radius 1 is 1.08 bits per heavy atom. The van der Waals surface area contributed by atoms with E-state index >= 15 is 0 Å². The first-order chi connectivity index (χ1) is 17.2. The Balaban J connectivity index is 1.29. The molecule has 0 radical (unpaired) electrons. The predicted molar refractivity (Wildman–Crippen MR) is 137 cm³/mol. The molecule has 0 aromatic heterocycles. The summed E-state index contributed by atoms with van der Waals surface area (Å²) in [6.45, 7) is 7.09. The zero-order chi connectivity index (χ0) is 25.9. The molecule has 2 heterocycles. The van der Waals surface area contributed by atoms with E-state index in [-0.39, 0.29) is 6.10 Å². The highest BCUT2D eigenvalue weighted by Crippen LogP contribution is 2.50. The van der Waals surface area contributed by atoms with Gasteiger partial charge in [0.15, 0.2) is 0 Å². The molecular weight excluding hydrogens is 484 g/mol. The van der Waals surface area contributed by atoms with Gasteiger partial charge in [-0.25, -0.2) is 0 Å². The normalized spacial score (nSPS) is 31.2. The molecule has 2 saturated heterocycles. The van der Waals surface area contributed by atoms with Crippen molar-refractivity contribution >= 4 is 11.6 Å². The molecule has 0 amide bonds. The number of benzene rings is 1. The van der Waals surface area contributed by atoms with Crippen LogP contribution >= 0.6 is 11.6 Å². The fraction of sp³-hybridized carbons (Fsp3) is 0.571. The first-order valence-corrected chi connectivity index (χ1v) is 13.0. The van der Waals surface area contributed by atoms with Crippen LogP contribution < -0.4 is 4.74 Å². The van der Waals surface area contributed by atoms with Crippen molar-refractivity contribution in [2.75, 3.05) is 19.8 Å². The van der Waals surface area contributed by atoms with E-state index < -0.39 is 37.1 Å². The van der Waals surface area contributed by atoms with Crippen LogP contribution in [0.25, 0.3) is 0 Å². The molecule has 2 aliphatic heterocycles. The van der Waals surface area contributed by atoms with Gasteiger partial charge in [-0.2, -0.15) is 0 Å². The molecular formula is C28H37ClO7. The number of aliphatic hydroxyl groups excluding tert-OH is 4. The number of halogens is 1. The lowest BCUT2D eigenvalue weighted by Gasteiger charge is -2.49. The second kappa shape index (κ2) is 11.8. The maximum atomic E-state index is 10.3. The van der Waals surface area contributed by atoms with Crippen molar-refractivity contribution in [2.45, 2.75) is 75.7 Å². The molecule has 36 heavy (non-hydrogen) atoms. The zero-order valence-corrected chi connectivity index (χ0v) is 21.4. The molecule has 5 atom stereocenters. The molecule has 1 aromatic rings. The summed E-state index contributed by atoms with van der Waals surface area (Å²) in [4.78, 5) is 0. The molecule has 1 aliphatic carbocycles. The Kier molecular flexibility index (Phi) is 8.94.